The van der Waals surface area contributed by atoms with Crippen LogP contribution in [0.5, 0.6) is 0 Å². The van der Waals surface area contributed by atoms with Gasteiger partial charge in [0.05, 0.1) is 28.6 Å². The number of hydrogen-bond donors (Lipinski definition) is 3. The number of hydrogen-bond acceptors (Lipinski definition) is 17. The first-order chi connectivity index (χ1) is 35.5. The molecule has 7 aliphatic rings. The van der Waals surface area contributed by atoms with Crippen LogP contribution in [0, 0.1) is 17.8 Å². The maximum Gasteiger partial charge on any atom is 0.262 e. The maximum absolute atomic E-state index is 13.8. The van der Waals surface area contributed by atoms with Crippen molar-refractivity contribution in [1.82, 2.24) is 59.8 Å². The van der Waals surface area contributed by atoms with Crippen LogP contribution < -0.4 is 20.9 Å². The second-order valence-electron chi connectivity index (χ2n) is 21.0. The quantitative estimate of drug-likeness (QED) is 0.173. The average molecular weight is 1000 g/mol. The topological polar surface area (TPSA) is 240 Å². The van der Waals surface area contributed by atoms with Gasteiger partial charge < -0.3 is 29.8 Å². The van der Waals surface area contributed by atoms with Crippen molar-refractivity contribution < 1.29 is 33.2 Å². The minimum atomic E-state index is -0.982. The number of anilines is 4. The molecule has 6 amide bonds. The van der Waals surface area contributed by atoms with E-state index in [1.807, 2.05) is 19.3 Å². The number of benzene rings is 1. The molecular formula is C51H65N15O7. The molecule has 0 spiro atoms. The lowest BCUT2D eigenvalue weighted by molar-refractivity contribution is -0.143. The van der Waals surface area contributed by atoms with Gasteiger partial charge in [-0.25, -0.2) is 4.98 Å². The van der Waals surface area contributed by atoms with Crippen LogP contribution in [0.15, 0.2) is 47.6 Å². The van der Waals surface area contributed by atoms with Gasteiger partial charge in [-0.2, -0.15) is 10.1 Å². The van der Waals surface area contributed by atoms with Crippen LogP contribution in [-0.4, -0.2) is 180 Å². The fourth-order valence-electron chi connectivity index (χ4n) is 12.3. The van der Waals surface area contributed by atoms with Crippen molar-refractivity contribution in [1.29, 1.82) is 0 Å². The largest absolute Gasteiger partial charge is 0.423 e. The smallest absolute Gasteiger partial charge is 0.262 e. The summed E-state index contributed by atoms with van der Waals surface area (Å²) in [5.41, 5.74) is 2.90. The lowest BCUT2D eigenvalue weighted by Crippen LogP contribution is -2.54. The summed E-state index contributed by atoms with van der Waals surface area (Å²) in [5, 5.41) is 21.3. The number of nitrogens with zero attached hydrogens (tertiary/aromatic N) is 12. The molecule has 4 saturated heterocycles. The number of imide groups is 2. The molecule has 73 heavy (non-hydrogen) atoms. The first-order valence-corrected chi connectivity index (χ1v) is 26.3. The number of nitrogens with one attached hydrogen (secondary N) is 3. The van der Waals surface area contributed by atoms with Crippen molar-refractivity contribution >= 4 is 58.6 Å². The van der Waals surface area contributed by atoms with E-state index < -0.39 is 29.7 Å². The van der Waals surface area contributed by atoms with Crippen molar-refractivity contribution in [2.75, 3.05) is 87.5 Å². The number of piperazine rings is 2. The monoisotopic (exact) mass is 1000 g/mol. The van der Waals surface area contributed by atoms with Crippen LogP contribution in [-0.2, 0) is 26.2 Å². The molecule has 0 radical (unpaired) electrons. The van der Waals surface area contributed by atoms with E-state index in [1.165, 1.54) is 6.39 Å². The van der Waals surface area contributed by atoms with Crippen LogP contribution >= 0.6 is 0 Å². The van der Waals surface area contributed by atoms with Crippen molar-refractivity contribution in [3.63, 3.8) is 0 Å². The Bertz CT molecular complexity index is 2690. The Morgan fingerprint density at radius 3 is 2.11 bits per heavy atom. The van der Waals surface area contributed by atoms with E-state index in [0.717, 1.165) is 152 Å². The highest BCUT2D eigenvalue weighted by molar-refractivity contribution is 6.23. The zero-order chi connectivity index (χ0) is 50.2. The number of aromatic nitrogens is 6. The number of aryl methyl sites for hydroxylation is 1. The van der Waals surface area contributed by atoms with E-state index in [9.17, 15) is 28.8 Å². The molecule has 2 saturated carbocycles. The third kappa shape index (κ3) is 10.4. The fraction of sp³-hybridized carbons (Fsp3) is 0.588. The van der Waals surface area contributed by atoms with E-state index in [1.54, 1.807) is 29.2 Å². The van der Waals surface area contributed by atoms with Crippen LogP contribution in [0.4, 0.5) is 23.1 Å². The molecule has 1 aromatic carbocycles. The van der Waals surface area contributed by atoms with E-state index in [4.69, 9.17) is 9.40 Å². The first kappa shape index (κ1) is 48.5. The molecule has 22 heteroatoms. The molecule has 6 fully saturated rings. The Labute approximate surface area is 423 Å². The van der Waals surface area contributed by atoms with Crippen molar-refractivity contribution in [3.05, 3.63) is 54.3 Å². The Morgan fingerprint density at radius 1 is 0.753 bits per heavy atom. The Balaban J connectivity index is 0.577. The van der Waals surface area contributed by atoms with Gasteiger partial charge in [0.25, 0.3) is 17.7 Å². The molecule has 0 bridgehead atoms. The molecule has 3 N–H and O–H groups in total. The minimum Gasteiger partial charge on any atom is -0.423 e. The highest BCUT2D eigenvalue weighted by Crippen LogP contribution is 2.36. The van der Waals surface area contributed by atoms with Gasteiger partial charge >= 0.3 is 0 Å². The normalized spacial score (nSPS) is 25.7. The number of rotatable bonds is 12. The number of fused-ring (bicyclic) bond motifs is 1. The zero-order valence-electron chi connectivity index (χ0n) is 41.5. The number of carbonyl (C=O) groups excluding carboxylic acids is 6. The van der Waals surface area contributed by atoms with Gasteiger partial charge in [0, 0.05) is 127 Å². The number of piperidine rings is 2. The van der Waals surface area contributed by atoms with Crippen LogP contribution in [0.25, 0.3) is 11.5 Å². The highest BCUT2D eigenvalue weighted by atomic mass is 16.4. The summed E-state index contributed by atoms with van der Waals surface area (Å²) in [4.78, 5) is 100. The Morgan fingerprint density at radius 2 is 1.45 bits per heavy atom. The summed E-state index contributed by atoms with van der Waals surface area (Å²) >= 11 is 0. The van der Waals surface area contributed by atoms with Gasteiger partial charge in [0.1, 0.15) is 11.9 Å². The van der Waals surface area contributed by atoms with Gasteiger partial charge in [-0.1, -0.05) is 0 Å². The average Bonchev–Trinajstić information content (AvgIpc) is 4.16. The molecule has 1 atom stereocenters. The number of amides is 6. The van der Waals surface area contributed by atoms with Crippen molar-refractivity contribution in [2.24, 2.45) is 24.8 Å². The third-order valence-electron chi connectivity index (χ3n) is 16.5. The highest BCUT2D eigenvalue weighted by Gasteiger charge is 2.45. The first-order valence-electron chi connectivity index (χ1n) is 26.3. The fourth-order valence-corrected chi connectivity index (χ4v) is 12.3. The molecule has 4 aromatic rings. The maximum atomic E-state index is 13.8. The molecule has 3 aromatic heterocycles. The second kappa shape index (κ2) is 21.0. The molecule has 1 unspecified atom stereocenters. The van der Waals surface area contributed by atoms with Gasteiger partial charge in [0.2, 0.25) is 36.0 Å². The van der Waals surface area contributed by atoms with E-state index in [2.05, 4.69) is 60.7 Å². The summed E-state index contributed by atoms with van der Waals surface area (Å²) in [5.74, 6) is 0.471. The Kier molecular flexibility index (Phi) is 13.9. The zero-order valence-corrected chi connectivity index (χ0v) is 41.5. The summed E-state index contributed by atoms with van der Waals surface area (Å²) in [6.07, 6.45) is 15.9. The SMILES string of the molecule is Cn1cc(Nc2ncc(-c3nnco3)c(NC3CCC(N4CCN(C(=O)C5CCC(C(=O)N6CCC(CN7CCN(c8ccc9c(c8)C(=O)N(C8CCC(=O)NC8=O)C9=O)CC7)CC6)CC5)CC4)CC3)n2)cn1. The third-order valence-corrected chi connectivity index (χ3v) is 16.5. The molecule has 386 valence electrons. The standard InChI is InChI=1S/C51H65N15O7/c1-60-30-36(27-54-60)56-51-52-28-41(46-59-53-31-73-46)44(58-51)55-35-6-8-37(9-7-35)62-22-24-65(25-23-62)48(70)34-4-2-33(3-5-34)47(69)64-16-14-32(15-17-64)29-61-18-20-63(21-19-61)38-10-11-39-40(26-38)50(72)66(49(39)71)42-12-13-43(67)57-45(42)68/h10-11,26-28,30-35,37,42H,2-9,12-25,29H2,1H3,(H,57,67,68)(H2,52,55,56,58). The molecule has 11 rings (SSSR count). The van der Waals surface area contributed by atoms with Gasteiger partial charge in [-0.05, 0) is 94.7 Å². The summed E-state index contributed by atoms with van der Waals surface area (Å²) in [7, 11) is 1.85. The van der Waals surface area contributed by atoms with Crippen molar-refractivity contribution in [3.8, 4) is 11.5 Å². The second-order valence-corrected chi connectivity index (χ2v) is 21.0. The number of likely N-dealkylation sites (tertiary alicyclic amines) is 1. The van der Waals surface area contributed by atoms with E-state index in [-0.39, 0.29) is 48.1 Å². The molecule has 5 aliphatic heterocycles. The summed E-state index contributed by atoms with van der Waals surface area (Å²) in [6, 6.07) is 5.03. The van der Waals surface area contributed by atoms with E-state index in [0.29, 0.717) is 40.7 Å². The molecule has 8 heterocycles. The lowest BCUT2D eigenvalue weighted by atomic mass is 9.80. The predicted molar refractivity (Wildman–Crippen MR) is 266 cm³/mol. The van der Waals surface area contributed by atoms with Crippen LogP contribution in [0.2, 0.25) is 0 Å². The predicted octanol–water partition coefficient (Wildman–Crippen LogP) is 3.14. The van der Waals surface area contributed by atoms with Gasteiger partial charge in [-0.15, -0.1) is 10.2 Å². The number of carbonyl (C=O) groups is 6. The molecule has 2 aliphatic carbocycles. The minimum absolute atomic E-state index is 0.00595. The van der Waals surface area contributed by atoms with Crippen LogP contribution in [0.3, 0.4) is 0 Å². The molecule has 22 nitrogen and oxygen atoms in total. The van der Waals surface area contributed by atoms with Gasteiger partial charge in [-0.3, -0.25) is 53.5 Å². The lowest BCUT2D eigenvalue weighted by Gasteiger charge is -2.43. The summed E-state index contributed by atoms with van der Waals surface area (Å²) in [6.45, 7) is 9.09. The van der Waals surface area contributed by atoms with Gasteiger partial charge in [0.15, 0.2) is 0 Å². The van der Waals surface area contributed by atoms with Crippen molar-refractivity contribution in [2.45, 2.75) is 95.2 Å². The molecular weight excluding hydrogens is 935 g/mol. The summed E-state index contributed by atoms with van der Waals surface area (Å²) < 4.78 is 7.23. The van der Waals surface area contributed by atoms with E-state index >= 15 is 0 Å². The Hall–Kier alpha value is -6.81. The van der Waals surface area contributed by atoms with Crippen LogP contribution in [0.1, 0.15) is 97.8 Å².